The van der Waals surface area contributed by atoms with Gasteiger partial charge in [0.15, 0.2) is 0 Å². The number of aromatic nitrogens is 2. The lowest BCUT2D eigenvalue weighted by Crippen LogP contribution is -2.12. The van der Waals surface area contributed by atoms with E-state index < -0.39 is 0 Å². The van der Waals surface area contributed by atoms with Crippen molar-refractivity contribution in [1.82, 2.24) is 10.1 Å². The summed E-state index contributed by atoms with van der Waals surface area (Å²) in [4.78, 5) is 16.5. The van der Waals surface area contributed by atoms with E-state index in [2.05, 4.69) is 15.5 Å². The van der Waals surface area contributed by atoms with E-state index in [1.165, 1.54) is 5.56 Å². The molecule has 6 nitrogen and oxygen atoms in total. The first kappa shape index (κ1) is 17.7. The van der Waals surface area contributed by atoms with E-state index in [1.54, 1.807) is 7.11 Å². The second-order valence-electron chi connectivity index (χ2n) is 6.06. The molecule has 0 aliphatic heterocycles. The Morgan fingerprint density at radius 1 is 1.15 bits per heavy atom. The number of amides is 1. The number of nitrogens with one attached hydrogen (secondary N) is 1. The van der Waals surface area contributed by atoms with Crippen LogP contribution < -0.4 is 10.1 Å². The fourth-order valence-corrected chi connectivity index (χ4v) is 2.56. The molecule has 0 atom stereocenters. The third kappa shape index (κ3) is 4.08. The fourth-order valence-electron chi connectivity index (χ4n) is 2.56. The normalized spacial score (nSPS) is 10.6. The van der Waals surface area contributed by atoms with Crippen LogP contribution in [-0.2, 0) is 11.2 Å². The van der Waals surface area contributed by atoms with Gasteiger partial charge in [-0.3, -0.25) is 4.79 Å². The molecule has 26 heavy (non-hydrogen) atoms. The Balaban J connectivity index is 1.61. The topological polar surface area (TPSA) is 77.2 Å². The first-order valence-electron chi connectivity index (χ1n) is 8.40. The Hall–Kier alpha value is -3.15. The van der Waals surface area contributed by atoms with Crippen LogP contribution in [0.5, 0.6) is 5.75 Å². The minimum atomic E-state index is -0.0923. The number of anilines is 1. The molecule has 3 rings (SSSR count). The Kier molecular flexibility index (Phi) is 5.31. The third-order valence-corrected chi connectivity index (χ3v) is 4.17. The predicted octanol–water partition coefficient (Wildman–Crippen LogP) is 3.93. The number of carbonyl (C=O) groups excluding carboxylic acids is 1. The van der Waals surface area contributed by atoms with Gasteiger partial charge in [0.2, 0.25) is 17.6 Å². The van der Waals surface area contributed by atoms with Gasteiger partial charge in [-0.2, -0.15) is 4.98 Å². The van der Waals surface area contributed by atoms with Gasteiger partial charge < -0.3 is 14.6 Å². The van der Waals surface area contributed by atoms with E-state index in [9.17, 15) is 4.79 Å². The van der Waals surface area contributed by atoms with Gasteiger partial charge >= 0.3 is 0 Å². The van der Waals surface area contributed by atoms with Crippen molar-refractivity contribution in [3.63, 3.8) is 0 Å². The lowest BCUT2D eigenvalue weighted by Gasteiger charge is -2.06. The molecular formula is C20H21N3O3. The molecule has 0 bridgehead atoms. The van der Waals surface area contributed by atoms with E-state index >= 15 is 0 Å². The second-order valence-corrected chi connectivity index (χ2v) is 6.06. The average Bonchev–Trinajstić information content (AvgIpc) is 3.12. The molecule has 6 heteroatoms. The van der Waals surface area contributed by atoms with Crippen LogP contribution in [-0.4, -0.2) is 23.2 Å². The average molecular weight is 351 g/mol. The summed E-state index contributed by atoms with van der Waals surface area (Å²) >= 11 is 0. The molecule has 0 fully saturated rings. The Morgan fingerprint density at radius 2 is 1.96 bits per heavy atom. The predicted molar refractivity (Wildman–Crippen MR) is 99.2 cm³/mol. The van der Waals surface area contributed by atoms with Gasteiger partial charge in [0.05, 0.1) is 12.7 Å². The van der Waals surface area contributed by atoms with Crippen molar-refractivity contribution in [2.24, 2.45) is 0 Å². The number of aryl methyl sites for hydroxylation is 3. The maximum atomic E-state index is 12.1. The van der Waals surface area contributed by atoms with E-state index in [0.717, 1.165) is 16.8 Å². The number of hydrogen-bond acceptors (Lipinski definition) is 5. The van der Waals surface area contributed by atoms with Gasteiger partial charge in [-0.05, 0) is 49.2 Å². The number of ether oxygens (including phenoxy) is 1. The number of hydrogen-bond donors (Lipinski definition) is 1. The standard InChI is InChI=1S/C20H21N3O3/c1-13-8-9-15(12-14(13)2)21-18(24)10-11-19-22-20(23-26-19)16-6-4-5-7-17(16)25-3/h4-9,12H,10-11H2,1-3H3,(H,21,24). The van der Waals surface area contributed by atoms with Gasteiger partial charge in [-0.25, -0.2) is 0 Å². The van der Waals surface area contributed by atoms with E-state index in [-0.39, 0.29) is 12.3 Å². The molecule has 134 valence electrons. The highest BCUT2D eigenvalue weighted by molar-refractivity contribution is 5.90. The Morgan fingerprint density at radius 3 is 2.73 bits per heavy atom. The van der Waals surface area contributed by atoms with Crippen molar-refractivity contribution in [2.75, 3.05) is 12.4 Å². The van der Waals surface area contributed by atoms with E-state index in [0.29, 0.717) is 23.9 Å². The van der Waals surface area contributed by atoms with Crippen LogP contribution in [0.15, 0.2) is 47.0 Å². The van der Waals surface area contributed by atoms with Crippen molar-refractivity contribution in [2.45, 2.75) is 26.7 Å². The van der Waals surface area contributed by atoms with Crippen LogP contribution in [0.3, 0.4) is 0 Å². The van der Waals surface area contributed by atoms with Gasteiger partial charge in [-0.1, -0.05) is 23.4 Å². The van der Waals surface area contributed by atoms with Crippen molar-refractivity contribution in [3.05, 3.63) is 59.5 Å². The molecule has 0 saturated heterocycles. The number of nitrogens with zero attached hydrogens (tertiary/aromatic N) is 2. The van der Waals surface area contributed by atoms with Crippen LogP contribution in [0.25, 0.3) is 11.4 Å². The molecule has 1 aromatic heterocycles. The van der Waals surface area contributed by atoms with Crippen molar-refractivity contribution < 1.29 is 14.1 Å². The number of carbonyl (C=O) groups is 1. The summed E-state index contributed by atoms with van der Waals surface area (Å²) in [6.07, 6.45) is 0.638. The van der Waals surface area contributed by atoms with Crippen LogP contribution in [0.4, 0.5) is 5.69 Å². The summed E-state index contributed by atoms with van der Waals surface area (Å²) in [5.74, 6) is 1.45. The molecule has 1 amide bonds. The smallest absolute Gasteiger partial charge is 0.227 e. The van der Waals surface area contributed by atoms with Crippen LogP contribution in [0.1, 0.15) is 23.4 Å². The van der Waals surface area contributed by atoms with Crippen LogP contribution in [0.2, 0.25) is 0 Å². The maximum absolute atomic E-state index is 12.1. The maximum Gasteiger partial charge on any atom is 0.227 e. The summed E-state index contributed by atoms with van der Waals surface area (Å²) in [6.45, 7) is 4.05. The zero-order valence-electron chi connectivity index (χ0n) is 15.1. The van der Waals surface area contributed by atoms with Gasteiger partial charge in [-0.15, -0.1) is 0 Å². The molecule has 0 radical (unpaired) electrons. The van der Waals surface area contributed by atoms with Crippen molar-refractivity contribution in [3.8, 4) is 17.1 Å². The first-order chi connectivity index (χ1) is 12.6. The summed E-state index contributed by atoms with van der Waals surface area (Å²) in [7, 11) is 1.59. The molecule has 0 spiro atoms. The van der Waals surface area contributed by atoms with Gasteiger partial charge in [0.25, 0.3) is 0 Å². The number of para-hydroxylation sites is 1. The van der Waals surface area contributed by atoms with Crippen molar-refractivity contribution >= 4 is 11.6 Å². The summed E-state index contributed by atoms with van der Waals surface area (Å²) in [6, 6.07) is 13.3. The number of benzene rings is 2. The Labute approximate surface area is 152 Å². The minimum Gasteiger partial charge on any atom is -0.496 e. The minimum absolute atomic E-state index is 0.0923. The summed E-state index contributed by atoms with van der Waals surface area (Å²) in [5.41, 5.74) is 3.88. The SMILES string of the molecule is COc1ccccc1-c1noc(CCC(=O)Nc2ccc(C)c(C)c2)n1. The monoisotopic (exact) mass is 351 g/mol. The molecular weight excluding hydrogens is 330 g/mol. The quantitative estimate of drug-likeness (QED) is 0.728. The van der Waals surface area contributed by atoms with E-state index in [4.69, 9.17) is 9.26 Å². The highest BCUT2D eigenvalue weighted by Crippen LogP contribution is 2.27. The van der Waals surface area contributed by atoms with Crippen LogP contribution >= 0.6 is 0 Å². The molecule has 1 heterocycles. The highest BCUT2D eigenvalue weighted by Gasteiger charge is 2.14. The summed E-state index contributed by atoms with van der Waals surface area (Å²) < 4.78 is 10.6. The molecule has 0 unspecified atom stereocenters. The molecule has 2 aromatic carbocycles. The molecule has 0 saturated carbocycles. The lowest BCUT2D eigenvalue weighted by molar-refractivity contribution is -0.116. The number of methoxy groups -OCH3 is 1. The lowest BCUT2D eigenvalue weighted by atomic mass is 10.1. The molecule has 0 aliphatic rings. The molecule has 0 aliphatic carbocycles. The van der Waals surface area contributed by atoms with E-state index in [1.807, 2.05) is 56.3 Å². The zero-order valence-corrected chi connectivity index (χ0v) is 15.1. The largest absolute Gasteiger partial charge is 0.496 e. The van der Waals surface area contributed by atoms with Crippen molar-refractivity contribution in [1.29, 1.82) is 0 Å². The second kappa shape index (κ2) is 7.82. The van der Waals surface area contributed by atoms with Crippen LogP contribution in [0, 0.1) is 13.8 Å². The first-order valence-corrected chi connectivity index (χ1v) is 8.40. The fraction of sp³-hybridized carbons (Fsp3) is 0.250. The molecule has 1 N–H and O–H groups in total. The molecule has 3 aromatic rings. The Bertz CT molecular complexity index is 918. The number of rotatable bonds is 6. The third-order valence-electron chi connectivity index (χ3n) is 4.17. The van der Waals surface area contributed by atoms with Gasteiger partial charge in [0.1, 0.15) is 5.75 Å². The van der Waals surface area contributed by atoms with Gasteiger partial charge in [0, 0.05) is 18.5 Å². The highest BCUT2D eigenvalue weighted by atomic mass is 16.5. The summed E-state index contributed by atoms with van der Waals surface area (Å²) in [5, 5.41) is 6.87. The zero-order chi connectivity index (χ0) is 18.5.